The predicted molar refractivity (Wildman–Crippen MR) is 78.7 cm³/mol. The van der Waals surface area contributed by atoms with Gasteiger partial charge in [-0.25, -0.2) is 4.79 Å². The van der Waals surface area contributed by atoms with Crippen LogP contribution in [-0.2, 0) is 10.8 Å². The lowest BCUT2D eigenvalue weighted by molar-refractivity contribution is 0.0696. The highest BCUT2D eigenvalue weighted by molar-refractivity contribution is 5.88. The lowest BCUT2D eigenvalue weighted by Gasteiger charge is -2.27. The van der Waals surface area contributed by atoms with Crippen LogP contribution in [0.25, 0.3) is 0 Å². The highest BCUT2D eigenvalue weighted by Crippen LogP contribution is 2.32. The van der Waals surface area contributed by atoms with Gasteiger partial charge in [-0.05, 0) is 55.5 Å². The fourth-order valence-corrected chi connectivity index (χ4v) is 2.07. The first-order valence-corrected chi connectivity index (χ1v) is 6.65. The standard InChI is InChI=1S/C16H22N2O2/c1-15(2,5-6-17)12-7-11(14(19)20)8-13(9-12)16(3,4)10-18/h7-9H,5-6,17H2,1-4H3,(H,19,20). The van der Waals surface area contributed by atoms with Crippen LogP contribution in [0.3, 0.4) is 0 Å². The molecule has 0 saturated heterocycles. The van der Waals surface area contributed by atoms with Crippen molar-refractivity contribution in [1.82, 2.24) is 0 Å². The zero-order valence-corrected chi connectivity index (χ0v) is 12.5. The van der Waals surface area contributed by atoms with Gasteiger partial charge in [-0.15, -0.1) is 0 Å². The average molecular weight is 274 g/mol. The molecule has 3 N–H and O–H groups in total. The third-order valence-corrected chi connectivity index (χ3v) is 3.73. The van der Waals surface area contributed by atoms with E-state index in [9.17, 15) is 15.2 Å². The lowest BCUT2D eigenvalue weighted by Crippen LogP contribution is -2.24. The first kappa shape index (κ1) is 16.2. The number of benzene rings is 1. The molecule has 0 aromatic heterocycles. The second-order valence-corrected chi connectivity index (χ2v) is 6.26. The van der Waals surface area contributed by atoms with E-state index >= 15 is 0 Å². The van der Waals surface area contributed by atoms with Crippen LogP contribution in [0.4, 0.5) is 0 Å². The van der Waals surface area contributed by atoms with Crippen molar-refractivity contribution in [3.63, 3.8) is 0 Å². The van der Waals surface area contributed by atoms with Crippen molar-refractivity contribution in [2.45, 2.75) is 44.9 Å². The zero-order chi connectivity index (χ0) is 15.6. The molecular weight excluding hydrogens is 252 g/mol. The van der Waals surface area contributed by atoms with E-state index in [0.29, 0.717) is 6.54 Å². The van der Waals surface area contributed by atoms with Gasteiger partial charge >= 0.3 is 5.97 Å². The van der Waals surface area contributed by atoms with Crippen molar-refractivity contribution in [2.75, 3.05) is 6.54 Å². The molecule has 1 aromatic carbocycles. The minimum Gasteiger partial charge on any atom is -0.478 e. The highest BCUT2D eigenvalue weighted by Gasteiger charge is 2.26. The number of carboxylic acid groups (broad SMARTS) is 1. The first-order valence-electron chi connectivity index (χ1n) is 6.65. The molecule has 0 amide bonds. The molecular formula is C16H22N2O2. The maximum absolute atomic E-state index is 11.3. The highest BCUT2D eigenvalue weighted by atomic mass is 16.4. The minimum absolute atomic E-state index is 0.214. The lowest BCUT2D eigenvalue weighted by atomic mass is 9.77. The van der Waals surface area contributed by atoms with Crippen molar-refractivity contribution in [3.8, 4) is 6.07 Å². The van der Waals surface area contributed by atoms with Crippen molar-refractivity contribution in [3.05, 3.63) is 34.9 Å². The van der Waals surface area contributed by atoms with Gasteiger partial charge in [0.2, 0.25) is 0 Å². The maximum atomic E-state index is 11.3. The molecule has 0 fully saturated rings. The third-order valence-electron chi connectivity index (χ3n) is 3.73. The van der Waals surface area contributed by atoms with Gasteiger partial charge in [0.25, 0.3) is 0 Å². The van der Waals surface area contributed by atoms with Crippen molar-refractivity contribution in [2.24, 2.45) is 5.73 Å². The number of nitriles is 1. The van der Waals surface area contributed by atoms with Crippen LogP contribution in [0.2, 0.25) is 0 Å². The molecule has 1 rings (SSSR count). The number of carbonyl (C=O) groups is 1. The van der Waals surface area contributed by atoms with Crippen LogP contribution in [-0.4, -0.2) is 17.6 Å². The number of nitrogens with zero attached hydrogens (tertiary/aromatic N) is 1. The summed E-state index contributed by atoms with van der Waals surface area (Å²) in [4.78, 5) is 11.3. The van der Waals surface area contributed by atoms with E-state index < -0.39 is 11.4 Å². The zero-order valence-electron chi connectivity index (χ0n) is 12.5. The van der Waals surface area contributed by atoms with E-state index in [1.807, 2.05) is 19.9 Å². The number of rotatable bonds is 5. The van der Waals surface area contributed by atoms with Gasteiger partial charge in [0.05, 0.1) is 17.0 Å². The van der Waals surface area contributed by atoms with E-state index in [4.69, 9.17) is 5.73 Å². The molecule has 0 aliphatic carbocycles. The van der Waals surface area contributed by atoms with Gasteiger partial charge in [-0.3, -0.25) is 0 Å². The maximum Gasteiger partial charge on any atom is 0.335 e. The number of nitrogens with two attached hydrogens (primary N) is 1. The summed E-state index contributed by atoms with van der Waals surface area (Å²) >= 11 is 0. The number of aromatic carboxylic acids is 1. The molecule has 0 aliphatic rings. The molecule has 0 heterocycles. The molecule has 4 heteroatoms. The Morgan fingerprint density at radius 3 is 2.25 bits per heavy atom. The molecule has 4 nitrogen and oxygen atoms in total. The summed E-state index contributed by atoms with van der Waals surface area (Å²) < 4.78 is 0. The molecule has 108 valence electrons. The SMILES string of the molecule is CC(C)(C#N)c1cc(C(=O)O)cc(C(C)(C)CCN)c1. The average Bonchev–Trinajstić information content (AvgIpc) is 2.38. The summed E-state index contributed by atoms with van der Waals surface area (Å²) in [5.74, 6) is -0.981. The monoisotopic (exact) mass is 274 g/mol. The van der Waals surface area contributed by atoms with Gasteiger partial charge in [0.15, 0.2) is 0 Å². The van der Waals surface area contributed by atoms with E-state index in [2.05, 4.69) is 6.07 Å². The van der Waals surface area contributed by atoms with Crippen LogP contribution in [0.15, 0.2) is 18.2 Å². The third kappa shape index (κ3) is 3.37. The van der Waals surface area contributed by atoms with Crippen LogP contribution in [0.1, 0.15) is 55.6 Å². The Hall–Kier alpha value is -1.86. The van der Waals surface area contributed by atoms with Crippen LogP contribution < -0.4 is 5.73 Å². The van der Waals surface area contributed by atoms with Gasteiger partial charge in [0, 0.05) is 0 Å². The normalized spacial score (nSPS) is 12.0. The van der Waals surface area contributed by atoms with Gasteiger partial charge in [-0.1, -0.05) is 19.9 Å². The molecule has 0 saturated carbocycles. The van der Waals surface area contributed by atoms with Crippen molar-refractivity contribution >= 4 is 5.97 Å². The van der Waals surface area contributed by atoms with Crippen LogP contribution in [0.5, 0.6) is 0 Å². The Morgan fingerprint density at radius 2 is 1.80 bits per heavy atom. The van der Waals surface area contributed by atoms with Gasteiger partial charge in [-0.2, -0.15) is 5.26 Å². The topological polar surface area (TPSA) is 87.1 Å². The van der Waals surface area contributed by atoms with E-state index in [1.54, 1.807) is 26.0 Å². The summed E-state index contributed by atoms with van der Waals surface area (Å²) in [6.07, 6.45) is 0.752. The van der Waals surface area contributed by atoms with Crippen molar-refractivity contribution in [1.29, 1.82) is 5.26 Å². The molecule has 0 atom stereocenters. The largest absolute Gasteiger partial charge is 0.478 e. The molecule has 1 aromatic rings. The molecule has 20 heavy (non-hydrogen) atoms. The predicted octanol–water partition coefficient (Wildman–Crippen LogP) is 2.81. The number of carboxylic acids is 1. The Balaban J connectivity index is 3.48. The van der Waals surface area contributed by atoms with E-state index in [1.165, 1.54) is 0 Å². The van der Waals surface area contributed by atoms with Crippen LogP contribution in [0, 0.1) is 11.3 Å². The fourth-order valence-electron chi connectivity index (χ4n) is 2.07. The summed E-state index contributed by atoms with van der Waals surface area (Å²) in [6, 6.07) is 7.39. The van der Waals surface area contributed by atoms with Crippen LogP contribution >= 0.6 is 0 Å². The molecule has 0 spiro atoms. The minimum atomic E-state index is -0.981. The van der Waals surface area contributed by atoms with Gasteiger partial charge in [0.1, 0.15) is 0 Å². The summed E-state index contributed by atoms with van der Waals surface area (Å²) in [5.41, 5.74) is 6.53. The smallest absolute Gasteiger partial charge is 0.335 e. The molecule has 0 radical (unpaired) electrons. The second kappa shape index (κ2) is 5.64. The summed E-state index contributed by atoms with van der Waals surface area (Å²) in [7, 11) is 0. The Morgan fingerprint density at radius 1 is 1.25 bits per heavy atom. The Labute approximate surface area is 120 Å². The fraction of sp³-hybridized carbons (Fsp3) is 0.500. The van der Waals surface area contributed by atoms with Crippen molar-refractivity contribution < 1.29 is 9.90 Å². The Bertz CT molecular complexity index is 554. The van der Waals surface area contributed by atoms with E-state index in [0.717, 1.165) is 17.5 Å². The first-order chi connectivity index (χ1) is 9.14. The van der Waals surface area contributed by atoms with Gasteiger partial charge < -0.3 is 10.8 Å². The number of hydrogen-bond acceptors (Lipinski definition) is 3. The molecule has 0 bridgehead atoms. The number of hydrogen-bond donors (Lipinski definition) is 2. The Kier molecular flexibility index (Phi) is 4.57. The quantitative estimate of drug-likeness (QED) is 0.864. The molecule has 0 aliphatic heterocycles. The summed E-state index contributed by atoms with van der Waals surface area (Å²) in [6.45, 7) is 8.16. The van der Waals surface area contributed by atoms with E-state index in [-0.39, 0.29) is 11.0 Å². The second-order valence-electron chi connectivity index (χ2n) is 6.26. The summed E-state index contributed by atoms with van der Waals surface area (Å²) in [5, 5.41) is 18.5. The molecule has 0 unspecified atom stereocenters.